The molecule has 1 nitrogen and oxygen atoms in total. The van der Waals surface area contributed by atoms with Crippen LogP contribution in [0, 0.1) is 0 Å². The maximum atomic E-state index is 5.39. The molecule has 1 atom stereocenters. The van der Waals surface area contributed by atoms with E-state index in [9.17, 15) is 0 Å². The van der Waals surface area contributed by atoms with Crippen molar-refractivity contribution in [3.63, 3.8) is 0 Å². The summed E-state index contributed by atoms with van der Waals surface area (Å²) in [6.07, 6.45) is 10.4. The number of benzene rings is 7. The lowest BCUT2D eigenvalue weighted by Gasteiger charge is -2.31. The van der Waals surface area contributed by atoms with Gasteiger partial charge in [-0.15, -0.1) is 0 Å². The van der Waals surface area contributed by atoms with Gasteiger partial charge in [-0.05, 0) is 113 Å². The van der Waals surface area contributed by atoms with Crippen LogP contribution < -0.4 is 0 Å². The maximum absolute atomic E-state index is 5.39. The first kappa shape index (κ1) is 33.5. The summed E-state index contributed by atoms with van der Waals surface area (Å²) < 4.78 is 0. The third kappa shape index (κ3) is 4.64. The molecule has 0 bridgehead atoms. The van der Waals surface area contributed by atoms with E-state index in [0.29, 0.717) is 0 Å². The molecule has 0 fully saturated rings. The summed E-state index contributed by atoms with van der Waals surface area (Å²) in [5.74, 6) is 0. The molecule has 56 heavy (non-hydrogen) atoms. The van der Waals surface area contributed by atoms with E-state index >= 15 is 0 Å². The van der Waals surface area contributed by atoms with E-state index in [2.05, 4.69) is 197 Å². The van der Waals surface area contributed by atoms with Gasteiger partial charge in [0, 0.05) is 11.1 Å². The van der Waals surface area contributed by atoms with Crippen molar-refractivity contribution >= 4 is 39.3 Å². The Morgan fingerprint density at radius 3 is 1.79 bits per heavy atom. The fourth-order valence-corrected chi connectivity index (χ4v) is 9.73. The second kappa shape index (κ2) is 13.0. The smallest absolute Gasteiger partial charge is 0.0725 e. The second-order valence-corrected chi connectivity index (χ2v) is 14.6. The molecule has 0 radical (unpaired) electrons. The molecule has 2 aliphatic carbocycles. The average molecular weight is 714 g/mol. The van der Waals surface area contributed by atoms with Crippen LogP contribution in [-0.4, -0.2) is 4.98 Å². The number of fused-ring (bicyclic) bond motifs is 10. The maximum Gasteiger partial charge on any atom is 0.0725 e. The van der Waals surface area contributed by atoms with Gasteiger partial charge in [0.25, 0.3) is 0 Å². The van der Waals surface area contributed by atoms with E-state index in [1.54, 1.807) is 0 Å². The first-order valence-corrected chi connectivity index (χ1v) is 19.3. The first-order valence-electron chi connectivity index (χ1n) is 19.3. The zero-order valence-electron chi connectivity index (χ0n) is 31.4. The van der Waals surface area contributed by atoms with Crippen molar-refractivity contribution < 1.29 is 0 Å². The third-order valence-electron chi connectivity index (χ3n) is 11.9. The largest absolute Gasteiger partial charge is 0.248 e. The number of allylic oxidation sites excluding steroid dienone is 5. The summed E-state index contributed by atoms with van der Waals surface area (Å²) in [7, 11) is 0. The van der Waals surface area contributed by atoms with Crippen LogP contribution in [0.25, 0.3) is 84.0 Å². The van der Waals surface area contributed by atoms with Crippen molar-refractivity contribution in [2.24, 2.45) is 0 Å². The predicted octanol–water partition coefficient (Wildman–Crippen LogP) is 14.5. The van der Waals surface area contributed by atoms with Crippen molar-refractivity contribution in [2.75, 3.05) is 0 Å². The Morgan fingerprint density at radius 2 is 1.05 bits per heavy atom. The fraction of sp³-hybridized carbons (Fsp3) is 0.0364. The van der Waals surface area contributed by atoms with Gasteiger partial charge in [-0.25, -0.2) is 4.98 Å². The highest BCUT2D eigenvalue weighted by molar-refractivity contribution is 6.15. The summed E-state index contributed by atoms with van der Waals surface area (Å²) in [6.45, 7) is 15.0. The number of pyridine rings is 1. The van der Waals surface area contributed by atoms with Crippen molar-refractivity contribution in [3.05, 3.63) is 229 Å². The SMILES string of the molecule is C=CC1=C(/C=C\C)c2ccccc2C12c1ccccc1-c1c(-c3cc(-c4ccccc4)nc(-c4ccc5c(c4)c(C=C)c(C=C)c4ccccc45)c3)cccc12. The van der Waals surface area contributed by atoms with Gasteiger partial charge in [0.2, 0.25) is 0 Å². The highest BCUT2D eigenvalue weighted by Gasteiger charge is 2.52. The summed E-state index contributed by atoms with van der Waals surface area (Å²) >= 11 is 0. The number of hydrogen-bond donors (Lipinski definition) is 0. The van der Waals surface area contributed by atoms with E-state index in [1.165, 1.54) is 66.2 Å². The Morgan fingerprint density at radius 1 is 0.464 bits per heavy atom. The lowest BCUT2D eigenvalue weighted by Crippen LogP contribution is -2.26. The molecule has 1 heteroatoms. The third-order valence-corrected chi connectivity index (χ3v) is 11.9. The number of hydrogen-bond acceptors (Lipinski definition) is 1. The molecule has 7 aromatic carbocycles. The van der Waals surface area contributed by atoms with Crippen LogP contribution in [0.4, 0.5) is 0 Å². The molecule has 1 aromatic heterocycles. The van der Waals surface area contributed by atoms with Gasteiger partial charge in [-0.2, -0.15) is 0 Å². The fourth-order valence-electron chi connectivity index (χ4n) is 9.73. The quantitative estimate of drug-likeness (QED) is 0.150. The van der Waals surface area contributed by atoms with Gasteiger partial charge in [-0.3, -0.25) is 0 Å². The molecule has 10 rings (SSSR count). The van der Waals surface area contributed by atoms with E-state index in [-0.39, 0.29) is 0 Å². The van der Waals surface area contributed by atoms with Gasteiger partial charge in [-0.1, -0.05) is 184 Å². The van der Waals surface area contributed by atoms with E-state index in [0.717, 1.165) is 44.6 Å². The van der Waals surface area contributed by atoms with Crippen LogP contribution in [0.15, 0.2) is 195 Å². The number of aromatic nitrogens is 1. The van der Waals surface area contributed by atoms with E-state index in [1.807, 2.05) is 12.2 Å². The molecule has 0 saturated carbocycles. The molecule has 1 unspecified atom stereocenters. The second-order valence-electron chi connectivity index (χ2n) is 14.6. The van der Waals surface area contributed by atoms with Gasteiger partial charge in [0.1, 0.15) is 0 Å². The zero-order chi connectivity index (χ0) is 38.0. The normalized spacial score (nSPS) is 15.4. The van der Waals surface area contributed by atoms with Gasteiger partial charge in [0.15, 0.2) is 0 Å². The minimum atomic E-state index is -0.488. The monoisotopic (exact) mass is 713 g/mol. The van der Waals surface area contributed by atoms with Gasteiger partial charge < -0.3 is 0 Å². The topological polar surface area (TPSA) is 12.9 Å². The van der Waals surface area contributed by atoms with E-state index in [4.69, 9.17) is 4.98 Å². The van der Waals surface area contributed by atoms with E-state index < -0.39 is 5.41 Å². The Labute approximate surface area is 328 Å². The van der Waals surface area contributed by atoms with Crippen LogP contribution in [0.1, 0.15) is 40.3 Å². The minimum absolute atomic E-state index is 0.488. The summed E-state index contributed by atoms with van der Waals surface area (Å²) in [5, 5.41) is 4.70. The Bertz CT molecular complexity index is 3030. The Balaban J connectivity index is 1.26. The lowest BCUT2D eigenvalue weighted by atomic mass is 9.69. The summed E-state index contributed by atoms with van der Waals surface area (Å²) in [5.41, 5.74) is 18.0. The molecule has 0 amide bonds. The van der Waals surface area contributed by atoms with Crippen LogP contribution in [0.2, 0.25) is 0 Å². The average Bonchev–Trinajstić information content (AvgIpc) is 3.72. The standard InChI is InChI=1S/C55H39N/c1-5-19-44-45-24-14-16-27-49(45)55(48(44)8-4)50-28-17-15-25-46(50)54-40(26-18-29-51(54)55)37-33-52(35-20-10-9-11-21-35)56-53(34-37)36-30-31-43-42-23-13-12-22-41(42)38(6-2)39(7-3)47(43)32-36/h5-34H,2-4H2,1H3/b19-5-. The molecule has 0 saturated heterocycles. The molecule has 8 aromatic rings. The van der Waals surface area contributed by atoms with Crippen LogP contribution in [0.3, 0.4) is 0 Å². The molecule has 0 aliphatic heterocycles. The zero-order valence-corrected chi connectivity index (χ0v) is 31.4. The van der Waals surface area contributed by atoms with Gasteiger partial charge in [0.05, 0.1) is 16.8 Å². The molecule has 0 N–H and O–H groups in total. The van der Waals surface area contributed by atoms with Crippen LogP contribution in [0.5, 0.6) is 0 Å². The van der Waals surface area contributed by atoms with Crippen LogP contribution in [-0.2, 0) is 5.41 Å². The minimum Gasteiger partial charge on any atom is -0.248 e. The van der Waals surface area contributed by atoms with Gasteiger partial charge >= 0.3 is 0 Å². The Hall–Kier alpha value is -7.09. The molecule has 264 valence electrons. The molecule has 2 aliphatic rings. The molecular formula is C55H39N. The molecule has 1 heterocycles. The van der Waals surface area contributed by atoms with Crippen molar-refractivity contribution in [1.29, 1.82) is 0 Å². The summed E-state index contributed by atoms with van der Waals surface area (Å²) in [4.78, 5) is 5.39. The molecule has 1 spiro atoms. The predicted molar refractivity (Wildman–Crippen MR) is 239 cm³/mol. The number of nitrogens with zero attached hydrogens (tertiary/aromatic N) is 1. The van der Waals surface area contributed by atoms with Crippen molar-refractivity contribution in [2.45, 2.75) is 12.3 Å². The molecular weight excluding hydrogens is 675 g/mol. The number of rotatable bonds is 7. The highest BCUT2D eigenvalue weighted by atomic mass is 14.7. The van der Waals surface area contributed by atoms with Crippen molar-refractivity contribution in [3.8, 4) is 44.8 Å². The lowest BCUT2D eigenvalue weighted by molar-refractivity contribution is 0.787. The van der Waals surface area contributed by atoms with Crippen molar-refractivity contribution in [1.82, 2.24) is 4.98 Å². The first-order chi connectivity index (χ1) is 27.6. The summed E-state index contributed by atoms with van der Waals surface area (Å²) in [6, 6.07) is 55.1. The Kier molecular flexibility index (Phi) is 7.80. The van der Waals surface area contributed by atoms with Crippen LogP contribution >= 0.6 is 0 Å². The highest BCUT2D eigenvalue weighted by Crippen LogP contribution is 2.63.